The standard InChI is InChI=1S/C13H11Cl3N2O4S2/c1-6-10(5-11(19)22-2)17-13(23-6)18-24(20,21)12-8(15)3-7(14)4-9(12)16/h3-4H,5H2,1-2H3,(H,17,18). The highest BCUT2D eigenvalue weighted by molar-refractivity contribution is 7.93. The zero-order chi connectivity index (χ0) is 18.1. The molecule has 0 aliphatic heterocycles. The highest BCUT2D eigenvalue weighted by atomic mass is 35.5. The van der Waals surface area contributed by atoms with Crippen molar-refractivity contribution < 1.29 is 17.9 Å². The van der Waals surface area contributed by atoms with E-state index < -0.39 is 16.0 Å². The number of carbonyl (C=O) groups is 1. The highest BCUT2D eigenvalue weighted by Gasteiger charge is 2.24. The molecule has 0 aliphatic rings. The van der Waals surface area contributed by atoms with Crippen LogP contribution in [0, 0.1) is 6.92 Å². The number of aromatic nitrogens is 1. The topological polar surface area (TPSA) is 85.4 Å². The molecule has 2 rings (SSSR count). The number of nitrogens with one attached hydrogen (secondary N) is 1. The second-order valence-corrected chi connectivity index (χ2v) is 8.65. The minimum Gasteiger partial charge on any atom is -0.469 e. The molecule has 0 atom stereocenters. The van der Waals surface area contributed by atoms with E-state index in [1.165, 1.54) is 19.2 Å². The molecular weight excluding hydrogens is 419 g/mol. The van der Waals surface area contributed by atoms with Crippen molar-refractivity contribution in [2.45, 2.75) is 18.2 Å². The summed E-state index contributed by atoms with van der Waals surface area (Å²) >= 11 is 18.7. The Kier molecular flexibility index (Phi) is 5.98. The van der Waals surface area contributed by atoms with Crippen LogP contribution < -0.4 is 4.72 Å². The molecule has 0 bridgehead atoms. The van der Waals surface area contributed by atoms with Gasteiger partial charge >= 0.3 is 5.97 Å². The number of halogens is 3. The summed E-state index contributed by atoms with van der Waals surface area (Å²) in [6.07, 6.45) is -0.0526. The van der Waals surface area contributed by atoms with E-state index in [0.717, 1.165) is 11.3 Å². The van der Waals surface area contributed by atoms with Gasteiger partial charge in [-0.25, -0.2) is 13.4 Å². The third-order valence-electron chi connectivity index (χ3n) is 2.89. The first-order chi connectivity index (χ1) is 11.1. The van der Waals surface area contributed by atoms with Crippen LogP contribution >= 0.6 is 46.1 Å². The van der Waals surface area contributed by atoms with Crippen molar-refractivity contribution in [3.05, 3.63) is 37.8 Å². The van der Waals surface area contributed by atoms with Crippen LogP contribution in [0.3, 0.4) is 0 Å². The van der Waals surface area contributed by atoms with Crippen LogP contribution in [-0.4, -0.2) is 26.5 Å². The van der Waals surface area contributed by atoms with Gasteiger partial charge in [-0.05, 0) is 19.1 Å². The molecule has 0 saturated carbocycles. The number of thiazole rings is 1. The molecule has 2 aromatic rings. The monoisotopic (exact) mass is 428 g/mol. The van der Waals surface area contributed by atoms with Gasteiger partial charge in [-0.15, -0.1) is 11.3 Å². The Labute approximate surface area is 157 Å². The Morgan fingerprint density at radius 2 is 1.88 bits per heavy atom. The quantitative estimate of drug-likeness (QED) is 0.728. The van der Waals surface area contributed by atoms with Crippen LogP contribution in [0.15, 0.2) is 17.0 Å². The number of benzene rings is 1. The molecule has 11 heteroatoms. The summed E-state index contributed by atoms with van der Waals surface area (Å²) in [4.78, 5) is 15.8. The van der Waals surface area contributed by atoms with Crippen molar-refractivity contribution in [1.82, 2.24) is 4.98 Å². The Morgan fingerprint density at radius 1 is 1.29 bits per heavy atom. The van der Waals surface area contributed by atoms with Crippen LogP contribution in [0.5, 0.6) is 0 Å². The van der Waals surface area contributed by atoms with Gasteiger partial charge in [-0.2, -0.15) is 0 Å². The largest absolute Gasteiger partial charge is 0.469 e. The molecule has 0 aliphatic carbocycles. The minimum atomic E-state index is -4.07. The number of carbonyl (C=O) groups excluding carboxylic acids is 1. The van der Waals surface area contributed by atoms with Crippen molar-refractivity contribution in [3.63, 3.8) is 0 Å². The van der Waals surface area contributed by atoms with Crippen molar-refractivity contribution in [3.8, 4) is 0 Å². The van der Waals surface area contributed by atoms with Crippen LogP contribution in [0.1, 0.15) is 10.6 Å². The van der Waals surface area contributed by atoms with Gasteiger partial charge in [-0.1, -0.05) is 34.8 Å². The molecule has 0 radical (unpaired) electrons. The molecule has 1 heterocycles. The summed E-state index contributed by atoms with van der Waals surface area (Å²) in [5.74, 6) is -0.471. The Morgan fingerprint density at radius 3 is 2.42 bits per heavy atom. The number of hydrogen-bond donors (Lipinski definition) is 1. The zero-order valence-electron chi connectivity index (χ0n) is 12.4. The fourth-order valence-electron chi connectivity index (χ4n) is 1.80. The summed E-state index contributed by atoms with van der Waals surface area (Å²) in [7, 11) is -2.81. The molecule has 0 spiro atoms. The van der Waals surface area contributed by atoms with E-state index in [4.69, 9.17) is 34.8 Å². The molecule has 1 aromatic carbocycles. The van der Waals surface area contributed by atoms with Crippen molar-refractivity contribution >= 4 is 67.3 Å². The van der Waals surface area contributed by atoms with Gasteiger partial charge < -0.3 is 4.74 Å². The Bertz CT molecular complexity index is 874. The number of esters is 1. The fourth-order valence-corrected chi connectivity index (χ4v) is 5.41. The maximum absolute atomic E-state index is 12.5. The summed E-state index contributed by atoms with van der Waals surface area (Å²) in [5.41, 5.74) is 0.429. The summed E-state index contributed by atoms with van der Waals surface area (Å²) in [6, 6.07) is 2.55. The van der Waals surface area contributed by atoms with Crippen LogP contribution in [0.2, 0.25) is 15.1 Å². The molecular formula is C13H11Cl3N2O4S2. The molecule has 0 fully saturated rings. The molecule has 1 aromatic heterocycles. The van der Waals surface area contributed by atoms with E-state index in [2.05, 4.69) is 14.4 Å². The van der Waals surface area contributed by atoms with Crippen LogP contribution in [0.25, 0.3) is 0 Å². The summed E-state index contributed by atoms with van der Waals surface area (Å²) in [6.45, 7) is 1.72. The van der Waals surface area contributed by atoms with E-state index >= 15 is 0 Å². The van der Waals surface area contributed by atoms with Gasteiger partial charge in [0.15, 0.2) is 5.13 Å². The number of sulfonamides is 1. The smallest absolute Gasteiger partial charge is 0.311 e. The Balaban J connectivity index is 2.34. The van der Waals surface area contributed by atoms with Gasteiger partial charge in [0.05, 0.1) is 29.3 Å². The van der Waals surface area contributed by atoms with Crippen molar-refractivity contribution in [2.24, 2.45) is 0 Å². The SMILES string of the molecule is COC(=O)Cc1nc(NS(=O)(=O)c2c(Cl)cc(Cl)cc2Cl)sc1C. The maximum Gasteiger partial charge on any atom is 0.311 e. The van der Waals surface area contributed by atoms with Gasteiger partial charge in [0.25, 0.3) is 10.0 Å². The number of anilines is 1. The second-order valence-electron chi connectivity index (χ2n) is 4.58. The van der Waals surface area contributed by atoms with Crippen LogP contribution in [0.4, 0.5) is 5.13 Å². The molecule has 6 nitrogen and oxygen atoms in total. The molecule has 0 amide bonds. The number of hydrogen-bond acceptors (Lipinski definition) is 6. The third-order valence-corrected chi connectivity index (χ3v) is 6.42. The van der Waals surface area contributed by atoms with E-state index in [0.29, 0.717) is 10.6 Å². The highest BCUT2D eigenvalue weighted by Crippen LogP contribution is 2.34. The number of nitrogens with zero attached hydrogens (tertiary/aromatic N) is 1. The lowest BCUT2D eigenvalue weighted by Crippen LogP contribution is -2.14. The summed E-state index contributed by atoms with van der Waals surface area (Å²) < 4.78 is 31.9. The molecule has 130 valence electrons. The van der Waals surface area contributed by atoms with Gasteiger partial charge in [0, 0.05) is 9.90 Å². The number of rotatable bonds is 5. The van der Waals surface area contributed by atoms with Crippen LogP contribution in [-0.2, 0) is 26.0 Å². The molecule has 0 saturated heterocycles. The average Bonchev–Trinajstić information content (AvgIpc) is 2.75. The predicted molar refractivity (Wildman–Crippen MR) is 94.9 cm³/mol. The van der Waals surface area contributed by atoms with E-state index in [1.54, 1.807) is 6.92 Å². The third kappa shape index (κ3) is 4.31. The number of methoxy groups -OCH3 is 1. The minimum absolute atomic E-state index is 0.0526. The molecule has 1 N–H and O–H groups in total. The van der Waals surface area contributed by atoms with Crippen molar-refractivity contribution in [2.75, 3.05) is 11.8 Å². The second kappa shape index (κ2) is 7.45. The molecule has 24 heavy (non-hydrogen) atoms. The maximum atomic E-state index is 12.5. The first kappa shape index (κ1) is 19.3. The van der Waals surface area contributed by atoms with Gasteiger partial charge in [0.1, 0.15) is 4.90 Å². The predicted octanol–water partition coefficient (Wildman–Crippen LogP) is 3.93. The fraction of sp³-hybridized carbons (Fsp3) is 0.231. The lowest BCUT2D eigenvalue weighted by atomic mass is 10.3. The van der Waals surface area contributed by atoms with Crippen molar-refractivity contribution in [1.29, 1.82) is 0 Å². The molecule has 0 unspecified atom stereocenters. The zero-order valence-corrected chi connectivity index (χ0v) is 16.3. The normalized spacial score (nSPS) is 11.4. The van der Waals surface area contributed by atoms with Gasteiger partial charge in [-0.3, -0.25) is 9.52 Å². The van der Waals surface area contributed by atoms with E-state index in [-0.39, 0.29) is 31.5 Å². The lowest BCUT2D eigenvalue weighted by molar-refractivity contribution is -0.139. The number of aryl methyl sites for hydroxylation is 1. The number of ether oxygens (including phenoxy) is 1. The summed E-state index contributed by atoms with van der Waals surface area (Å²) in [5, 5.41) is 0.0917. The van der Waals surface area contributed by atoms with Gasteiger partial charge in [0.2, 0.25) is 0 Å². The first-order valence-electron chi connectivity index (χ1n) is 6.34. The van der Waals surface area contributed by atoms with E-state index in [1.807, 2.05) is 0 Å². The van der Waals surface area contributed by atoms with E-state index in [9.17, 15) is 13.2 Å². The first-order valence-corrected chi connectivity index (χ1v) is 9.78. The Hall–Kier alpha value is -1.06. The lowest BCUT2D eigenvalue weighted by Gasteiger charge is -2.09. The average molecular weight is 430 g/mol.